The van der Waals surface area contributed by atoms with E-state index in [4.69, 9.17) is 0 Å². The first kappa shape index (κ1) is 15.9. The van der Waals surface area contributed by atoms with Gasteiger partial charge in [-0.05, 0) is 33.2 Å². The van der Waals surface area contributed by atoms with Crippen molar-refractivity contribution in [3.05, 3.63) is 34.5 Å². The van der Waals surface area contributed by atoms with Gasteiger partial charge in [0.1, 0.15) is 10.7 Å². The van der Waals surface area contributed by atoms with Crippen molar-refractivity contribution in [1.82, 2.24) is 10.2 Å². The van der Waals surface area contributed by atoms with Crippen molar-refractivity contribution in [2.24, 2.45) is 0 Å². The molecule has 0 amide bonds. The van der Waals surface area contributed by atoms with Crippen LogP contribution in [0.2, 0.25) is 0 Å². The Morgan fingerprint density at radius 1 is 1.48 bits per heavy atom. The minimum absolute atomic E-state index is 0.208. The molecule has 1 atom stereocenters. The number of carbonyl (C=O) groups is 1. The van der Waals surface area contributed by atoms with Gasteiger partial charge < -0.3 is 15.3 Å². The maximum Gasteiger partial charge on any atom is 0.346 e. The highest BCUT2D eigenvalue weighted by molar-refractivity contribution is 7.21. The molecule has 0 fully saturated rings. The standard InChI is InChI=1S/C15H19FN2O2S/c1-9(18(2)3)7-17-8-10-13-11(16)5-4-6-12(13)21-14(10)15(19)20/h4-6,9,17H,7-8H2,1-3H3,(H,19,20). The van der Waals surface area contributed by atoms with E-state index in [1.165, 1.54) is 6.07 Å². The Morgan fingerprint density at radius 2 is 2.19 bits per heavy atom. The zero-order chi connectivity index (χ0) is 15.6. The van der Waals surface area contributed by atoms with Crippen LogP contribution in [0.3, 0.4) is 0 Å². The monoisotopic (exact) mass is 310 g/mol. The SMILES string of the molecule is CC(CNCc1c(C(=O)O)sc2cccc(F)c12)N(C)C. The molecule has 1 aromatic heterocycles. The molecule has 0 aliphatic heterocycles. The van der Waals surface area contributed by atoms with Gasteiger partial charge >= 0.3 is 5.97 Å². The van der Waals surface area contributed by atoms with Gasteiger partial charge in [-0.15, -0.1) is 11.3 Å². The van der Waals surface area contributed by atoms with Crippen molar-refractivity contribution in [2.75, 3.05) is 20.6 Å². The van der Waals surface area contributed by atoms with Crippen LogP contribution in [0.5, 0.6) is 0 Å². The minimum atomic E-state index is -1.01. The number of halogens is 1. The van der Waals surface area contributed by atoms with Gasteiger partial charge in [0, 0.05) is 34.8 Å². The van der Waals surface area contributed by atoms with Gasteiger partial charge in [-0.2, -0.15) is 0 Å². The average molecular weight is 310 g/mol. The largest absolute Gasteiger partial charge is 0.477 e. The van der Waals surface area contributed by atoms with Crippen LogP contribution in [0, 0.1) is 5.82 Å². The zero-order valence-electron chi connectivity index (χ0n) is 12.3. The molecule has 6 heteroatoms. The first-order valence-electron chi connectivity index (χ1n) is 6.72. The van der Waals surface area contributed by atoms with E-state index in [0.717, 1.165) is 11.3 Å². The van der Waals surface area contributed by atoms with E-state index in [1.54, 1.807) is 12.1 Å². The number of nitrogens with zero attached hydrogens (tertiary/aromatic N) is 1. The van der Waals surface area contributed by atoms with Crippen LogP contribution in [0.15, 0.2) is 18.2 Å². The second-order valence-electron chi connectivity index (χ2n) is 5.27. The molecule has 1 unspecified atom stereocenters. The number of likely N-dealkylation sites (N-methyl/N-ethyl adjacent to an activating group) is 1. The number of thiophene rings is 1. The maximum absolute atomic E-state index is 14.0. The predicted octanol–water partition coefficient (Wildman–Crippen LogP) is 2.78. The summed E-state index contributed by atoms with van der Waals surface area (Å²) in [4.78, 5) is 13.6. The van der Waals surface area contributed by atoms with E-state index in [9.17, 15) is 14.3 Å². The first-order chi connectivity index (χ1) is 9.91. The second kappa shape index (κ2) is 6.51. The number of carboxylic acid groups (broad SMARTS) is 1. The Morgan fingerprint density at radius 3 is 2.81 bits per heavy atom. The van der Waals surface area contributed by atoms with E-state index in [2.05, 4.69) is 17.1 Å². The molecule has 0 spiro atoms. The predicted molar refractivity (Wildman–Crippen MR) is 83.6 cm³/mol. The van der Waals surface area contributed by atoms with E-state index < -0.39 is 5.97 Å². The number of rotatable bonds is 6. The molecule has 21 heavy (non-hydrogen) atoms. The Kier molecular flexibility index (Phi) is 4.92. The number of aromatic carboxylic acids is 1. The van der Waals surface area contributed by atoms with E-state index >= 15 is 0 Å². The molecule has 0 bridgehead atoms. The average Bonchev–Trinajstić information content (AvgIpc) is 2.79. The smallest absolute Gasteiger partial charge is 0.346 e. The molecule has 2 N–H and O–H groups in total. The highest BCUT2D eigenvalue weighted by atomic mass is 32.1. The van der Waals surface area contributed by atoms with Crippen molar-refractivity contribution in [3.8, 4) is 0 Å². The molecule has 0 aliphatic carbocycles. The van der Waals surface area contributed by atoms with Crippen molar-refractivity contribution in [1.29, 1.82) is 0 Å². The molecule has 4 nitrogen and oxygen atoms in total. The highest BCUT2D eigenvalue weighted by Crippen LogP contribution is 2.33. The molecule has 2 aromatic rings. The quantitative estimate of drug-likeness (QED) is 0.861. The van der Waals surface area contributed by atoms with Crippen molar-refractivity contribution in [3.63, 3.8) is 0 Å². The van der Waals surface area contributed by atoms with Crippen LogP contribution >= 0.6 is 11.3 Å². The van der Waals surface area contributed by atoms with Crippen LogP contribution in [-0.2, 0) is 6.54 Å². The summed E-state index contributed by atoms with van der Waals surface area (Å²) in [6.07, 6.45) is 0. The third kappa shape index (κ3) is 3.40. The Bertz CT molecular complexity index is 654. The lowest BCUT2D eigenvalue weighted by Crippen LogP contribution is -2.35. The van der Waals surface area contributed by atoms with Crippen LogP contribution < -0.4 is 5.32 Å². The van der Waals surface area contributed by atoms with Crippen LogP contribution in [-0.4, -0.2) is 42.7 Å². The van der Waals surface area contributed by atoms with E-state index in [1.807, 2.05) is 14.1 Å². The third-order valence-electron chi connectivity index (χ3n) is 3.58. The molecular formula is C15H19FN2O2S. The van der Waals surface area contributed by atoms with Crippen molar-refractivity contribution in [2.45, 2.75) is 19.5 Å². The summed E-state index contributed by atoms with van der Waals surface area (Å²) in [6.45, 7) is 3.12. The van der Waals surface area contributed by atoms with Gasteiger partial charge in [0.05, 0.1) is 0 Å². The lowest BCUT2D eigenvalue weighted by Gasteiger charge is -2.20. The maximum atomic E-state index is 14.0. The summed E-state index contributed by atoms with van der Waals surface area (Å²) < 4.78 is 14.7. The molecule has 0 aliphatic rings. The summed E-state index contributed by atoms with van der Waals surface area (Å²) >= 11 is 1.12. The molecule has 0 radical (unpaired) electrons. The first-order valence-corrected chi connectivity index (χ1v) is 7.53. The summed E-state index contributed by atoms with van der Waals surface area (Å²) in [5.41, 5.74) is 0.534. The van der Waals surface area contributed by atoms with Gasteiger partial charge in [0.15, 0.2) is 0 Å². The number of hydrogen-bond acceptors (Lipinski definition) is 4. The normalized spacial score (nSPS) is 13.0. The van der Waals surface area contributed by atoms with Crippen LogP contribution in [0.1, 0.15) is 22.2 Å². The van der Waals surface area contributed by atoms with Gasteiger partial charge in [0.2, 0.25) is 0 Å². The Hall–Kier alpha value is -1.50. The summed E-state index contributed by atoms with van der Waals surface area (Å²) in [5.74, 6) is -1.37. The Balaban J connectivity index is 2.28. The third-order valence-corrected chi connectivity index (χ3v) is 4.77. The second-order valence-corrected chi connectivity index (χ2v) is 6.32. The van der Waals surface area contributed by atoms with Crippen LogP contribution in [0.25, 0.3) is 10.1 Å². The van der Waals surface area contributed by atoms with Crippen molar-refractivity contribution < 1.29 is 14.3 Å². The molecule has 114 valence electrons. The summed E-state index contributed by atoms with van der Waals surface area (Å²) in [5, 5.41) is 12.9. The minimum Gasteiger partial charge on any atom is -0.477 e. The molecule has 0 saturated carbocycles. The lowest BCUT2D eigenvalue weighted by atomic mass is 10.1. The number of carboxylic acids is 1. The van der Waals surface area contributed by atoms with Crippen LogP contribution in [0.4, 0.5) is 4.39 Å². The molecule has 2 rings (SSSR count). The number of benzene rings is 1. The number of fused-ring (bicyclic) bond motifs is 1. The molecule has 0 saturated heterocycles. The molecule has 1 heterocycles. The number of nitrogens with one attached hydrogen (secondary N) is 1. The van der Waals surface area contributed by atoms with Gasteiger partial charge in [-0.1, -0.05) is 6.07 Å². The fourth-order valence-electron chi connectivity index (χ4n) is 2.10. The fraction of sp³-hybridized carbons (Fsp3) is 0.400. The summed E-state index contributed by atoms with van der Waals surface area (Å²) in [6, 6.07) is 5.03. The van der Waals surface area contributed by atoms with Gasteiger partial charge in [0.25, 0.3) is 0 Å². The number of hydrogen-bond donors (Lipinski definition) is 2. The fourth-order valence-corrected chi connectivity index (χ4v) is 3.17. The van der Waals surface area contributed by atoms with Crippen molar-refractivity contribution >= 4 is 27.4 Å². The molecular weight excluding hydrogens is 291 g/mol. The van der Waals surface area contributed by atoms with Gasteiger partial charge in [-0.3, -0.25) is 0 Å². The highest BCUT2D eigenvalue weighted by Gasteiger charge is 2.20. The van der Waals surface area contributed by atoms with E-state index in [-0.39, 0.29) is 10.7 Å². The van der Waals surface area contributed by atoms with E-state index in [0.29, 0.717) is 34.8 Å². The Labute approximate surface area is 127 Å². The summed E-state index contributed by atoms with van der Waals surface area (Å²) in [7, 11) is 3.96. The zero-order valence-corrected chi connectivity index (χ0v) is 13.1. The topological polar surface area (TPSA) is 52.6 Å². The lowest BCUT2D eigenvalue weighted by molar-refractivity contribution is 0.0701. The molecule has 1 aromatic carbocycles. The van der Waals surface area contributed by atoms with Gasteiger partial charge in [-0.25, -0.2) is 9.18 Å².